The molecule has 3 rings (SSSR count). The van der Waals surface area contributed by atoms with Gasteiger partial charge in [-0.1, -0.05) is 33.2 Å². The van der Waals surface area contributed by atoms with Crippen LogP contribution in [0, 0.1) is 0 Å². The van der Waals surface area contributed by atoms with Gasteiger partial charge in [0.25, 0.3) is 0 Å². The summed E-state index contributed by atoms with van der Waals surface area (Å²) in [4.78, 5) is 4.58. The van der Waals surface area contributed by atoms with Crippen molar-refractivity contribution in [3.63, 3.8) is 0 Å². The fourth-order valence-electron chi connectivity index (χ4n) is 2.62. The maximum absolute atomic E-state index is 5.47. The second-order valence-electron chi connectivity index (χ2n) is 5.54. The van der Waals surface area contributed by atoms with Crippen molar-refractivity contribution in [1.29, 1.82) is 0 Å². The third kappa shape index (κ3) is 2.94. The average Bonchev–Trinajstić information content (AvgIpc) is 2.89. The van der Waals surface area contributed by atoms with Gasteiger partial charge in [-0.15, -0.1) is 0 Å². The van der Waals surface area contributed by atoms with Gasteiger partial charge in [0.15, 0.2) is 5.82 Å². The maximum Gasteiger partial charge on any atom is 0.246 e. The molecule has 5 heteroatoms. The molecule has 0 radical (unpaired) electrons. The van der Waals surface area contributed by atoms with Crippen molar-refractivity contribution in [2.75, 3.05) is 6.54 Å². The fourth-order valence-corrected chi connectivity index (χ4v) is 3.06. The van der Waals surface area contributed by atoms with Gasteiger partial charge in [0.1, 0.15) is 0 Å². The largest absolute Gasteiger partial charge is 0.337 e. The van der Waals surface area contributed by atoms with Crippen LogP contribution in [-0.2, 0) is 12.0 Å². The number of hydrogen-bond donors (Lipinski definition) is 1. The minimum atomic E-state index is -0.166. The highest BCUT2D eigenvalue weighted by atomic mass is 79.9. The van der Waals surface area contributed by atoms with E-state index in [1.165, 1.54) is 18.4 Å². The number of piperidine rings is 1. The Hall–Kier alpha value is -1.20. The van der Waals surface area contributed by atoms with Crippen molar-refractivity contribution >= 4 is 15.9 Å². The van der Waals surface area contributed by atoms with Gasteiger partial charge in [0.2, 0.25) is 5.89 Å². The van der Waals surface area contributed by atoms with Crippen molar-refractivity contribution in [1.82, 2.24) is 15.5 Å². The molecule has 2 heterocycles. The van der Waals surface area contributed by atoms with Crippen LogP contribution in [0.25, 0.3) is 0 Å². The van der Waals surface area contributed by atoms with Gasteiger partial charge in [-0.25, -0.2) is 0 Å². The molecule has 1 aromatic carbocycles. The zero-order chi connectivity index (χ0) is 14.0. The van der Waals surface area contributed by atoms with Gasteiger partial charge in [-0.3, -0.25) is 0 Å². The molecule has 0 spiro atoms. The number of nitrogens with one attached hydrogen (secondary N) is 1. The van der Waals surface area contributed by atoms with Crippen LogP contribution in [0.2, 0.25) is 0 Å². The zero-order valence-electron chi connectivity index (χ0n) is 11.5. The number of nitrogens with zero attached hydrogens (tertiary/aromatic N) is 2. The van der Waals surface area contributed by atoms with Gasteiger partial charge < -0.3 is 9.84 Å². The number of hydrogen-bond acceptors (Lipinski definition) is 4. The van der Waals surface area contributed by atoms with Crippen molar-refractivity contribution < 1.29 is 4.52 Å². The summed E-state index contributed by atoms with van der Waals surface area (Å²) < 4.78 is 6.54. The molecule has 1 fully saturated rings. The monoisotopic (exact) mass is 335 g/mol. The van der Waals surface area contributed by atoms with Crippen LogP contribution in [0.3, 0.4) is 0 Å². The minimum Gasteiger partial charge on any atom is -0.337 e. The molecule has 4 nitrogen and oxygen atoms in total. The lowest BCUT2D eigenvalue weighted by atomic mass is 9.91. The first kappa shape index (κ1) is 13.8. The van der Waals surface area contributed by atoms with Gasteiger partial charge in [0, 0.05) is 10.9 Å². The average molecular weight is 336 g/mol. The Kier molecular flexibility index (Phi) is 3.89. The molecular formula is C15H18BrN3O. The molecule has 0 saturated carbocycles. The lowest BCUT2D eigenvalue weighted by Gasteiger charge is -2.31. The predicted molar refractivity (Wildman–Crippen MR) is 80.5 cm³/mol. The number of halogens is 1. The standard InChI is InChI=1S/C15H18BrN3O/c1-15(7-2-3-8-17-15)14-18-13(19-20-14)10-11-5-4-6-12(16)9-11/h4-6,9,17H,2-3,7-8,10H2,1H3. The third-order valence-corrected chi connectivity index (χ3v) is 4.30. The van der Waals surface area contributed by atoms with E-state index in [-0.39, 0.29) is 5.54 Å². The summed E-state index contributed by atoms with van der Waals surface area (Å²) in [6.07, 6.45) is 4.16. The Labute approximate surface area is 127 Å². The molecule has 1 atom stereocenters. The highest BCUT2D eigenvalue weighted by molar-refractivity contribution is 9.10. The molecule has 1 aliphatic heterocycles. The molecule has 2 aromatic rings. The number of aromatic nitrogens is 2. The molecule has 20 heavy (non-hydrogen) atoms. The van der Waals surface area contributed by atoms with E-state index in [2.05, 4.69) is 50.4 Å². The topological polar surface area (TPSA) is 51.0 Å². The highest BCUT2D eigenvalue weighted by Gasteiger charge is 2.34. The summed E-state index contributed by atoms with van der Waals surface area (Å²) in [7, 11) is 0. The lowest BCUT2D eigenvalue weighted by Crippen LogP contribution is -2.43. The Morgan fingerprint density at radius 1 is 1.40 bits per heavy atom. The Bertz CT molecular complexity index is 590. The van der Waals surface area contributed by atoms with Crippen molar-refractivity contribution in [3.8, 4) is 0 Å². The Morgan fingerprint density at radius 2 is 2.30 bits per heavy atom. The number of rotatable bonds is 3. The smallest absolute Gasteiger partial charge is 0.246 e. The first-order valence-corrected chi connectivity index (χ1v) is 7.78. The molecule has 0 bridgehead atoms. The van der Waals surface area contributed by atoms with Crippen molar-refractivity contribution in [3.05, 3.63) is 46.0 Å². The minimum absolute atomic E-state index is 0.166. The van der Waals surface area contributed by atoms with E-state index >= 15 is 0 Å². The molecule has 106 valence electrons. The van der Waals surface area contributed by atoms with E-state index in [0.29, 0.717) is 12.3 Å². The zero-order valence-corrected chi connectivity index (χ0v) is 13.1. The lowest BCUT2D eigenvalue weighted by molar-refractivity contribution is 0.206. The predicted octanol–water partition coefficient (Wildman–Crippen LogP) is 3.41. The molecule has 1 aliphatic rings. The van der Waals surface area contributed by atoms with Gasteiger partial charge >= 0.3 is 0 Å². The first-order valence-electron chi connectivity index (χ1n) is 6.98. The van der Waals surface area contributed by atoms with Crippen LogP contribution in [-0.4, -0.2) is 16.7 Å². The third-order valence-electron chi connectivity index (χ3n) is 3.81. The maximum atomic E-state index is 5.47. The van der Waals surface area contributed by atoms with E-state index in [1.54, 1.807) is 0 Å². The van der Waals surface area contributed by atoms with E-state index in [4.69, 9.17) is 4.52 Å². The molecule has 1 aromatic heterocycles. The van der Waals surface area contributed by atoms with Gasteiger partial charge in [-0.05, 0) is 50.4 Å². The summed E-state index contributed by atoms with van der Waals surface area (Å²) in [6, 6.07) is 8.18. The van der Waals surface area contributed by atoms with E-state index < -0.39 is 0 Å². The normalized spacial score (nSPS) is 22.9. The molecule has 1 saturated heterocycles. The second-order valence-corrected chi connectivity index (χ2v) is 6.45. The summed E-state index contributed by atoms with van der Waals surface area (Å²) >= 11 is 3.48. The van der Waals surface area contributed by atoms with Gasteiger partial charge in [-0.2, -0.15) is 4.98 Å². The van der Waals surface area contributed by atoms with Crippen LogP contribution >= 0.6 is 15.9 Å². The van der Waals surface area contributed by atoms with Crippen LogP contribution in [0.5, 0.6) is 0 Å². The van der Waals surface area contributed by atoms with Crippen LogP contribution in [0.4, 0.5) is 0 Å². The van der Waals surface area contributed by atoms with Gasteiger partial charge in [0.05, 0.1) is 5.54 Å². The summed E-state index contributed by atoms with van der Waals surface area (Å²) in [5.41, 5.74) is 1.01. The summed E-state index contributed by atoms with van der Waals surface area (Å²) in [5.74, 6) is 1.45. The van der Waals surface area contributed by atoms with Crippen LogP contribution < -0.4 is 5.32 Å². The van der Waals surface area contributed by atoms with Crippen molar-refractivity contribution in [2.45, 2.75) is 38.1 Å². The fraction of sp³-hybridized carbons (Fsp3) is 0.467. The highest BCUT2D eigenvalue weighted by Crippen LogP contribution is 2.28. The molecular weight excluding hydrogens is 318 g/mol. The van der Waals surface area contributed by atoms with E-state index in [9.17, 15) is 0 Å². The SMILES string of the molecule is CC1(c2nc(Cc3cccc(Br)c3)no2)CCCCN1. The molecule has 1 N–H and O–H groups in total. The second kappa shape index (κ2) is 5.66. The Morgan fingerprint density at radius 3 is 3.05 bits per heavy atom. The molecule has 0 aliphatic carbocycles. The summed E-state index contributed by atoms with van der Waals surface area (Å²) in [6.45, 7) is 3.16. The molecule has 1 unspecified atom stereocenters. The van der Waals surface area contributed by atoms with E-state index in [0.717, 1.165) is 23.3 Å². The number of benzene rings is 1. The van der Waals surface area contributed by atoms with E-state index in [1.807, 2.05) is 12.1 Å². The summed E-state index contributed by atoms with van der Waals surface area (Å²) in [5, 5.41) is 7.61. The first-order chi connectivity index (χ1) is 9.66. The molecule has 0 amide bonds. The quantitative estimate of drug-likeness (QED) is 0.933. The Balaban J connectivity index is 1.76. The van der Waals surface area contributed by atoms with Crippen LogP contribution in [0.15, 0.2) is 33.3 Å². The van der Waals surface area contributed by atoms with Crippen LogP contribution in [0.1, 0.15) is 43.5 Å². The van der Waals surface area contributed by atoms with Crippen molar-refractivity contribution in [2.24, 2.45) is 0 Å².